The first-order valence-electron chi connectivity index (χ1n) is 6.34. The molecule has 96 valence electrons. The van der Waals surface area contributed by atoms with Crippen molar-refractivity contribution in [1.29, 1.82) is 0 Å². The Bertz CT molecular complexity index is 492. The highest BCUT2D eigenvalue weighted by atomic mass is 19.1. The molecule has 5 heteroatoms. The lowest BCUT2D eigenvalue weighted by molar-refractivity contribution is -0.384. The maximum absolute atomic E-state index is 13.7. The third kappa shape index (κ3) is 1.83. The molecule has 4 nitrogen and oxygen atoms in total. The lowest BCUT2D eigenvalue weighted by Crippen LogP contribution is -2.26. The number of nitro benzene ring substituents is 1. The first-order chi connectivity index (χ1) is 8.65. The van der Waals surface area contributed by atoms with Crippen LogP contribution in [0.2, 0.25) is 0 Å². The third-order valence-electron chi connectivity index (χ3n) is 4.26. The molecule has 18 heavy (non-hydrogen) atoms. The maximum atomic E-state index is 13.7. The van der Waals surface area contributed by atoms with E-state index in [0.717, 1.165) is 18.8 Å². The fraction of sp³-hybridized carbons (Fsp3) is 0.538. The van der Waals surface area contributed by atoms with Gasteiger partial charge in [0, 0.05) is 12.1 Å². The molecule has 0 aromatic heterocycles. The first-order valence-corrected chi connectivity index (χ1v) is 6.34. The van der Waals surface area contributed by atoms with Crippen molar-refractivity contribution in [1.82, 2.24) is 0 Å². The minimum absolute atomic E-state index is 0.0556. The second-order valence-corrected chi connectivity index (χ2v) is 5.32. The van der Waals surface area contributed by atoms with Crippen molar-refractivity contribution in [3.05, 3.63) is 34.1 Å². The summed E-state index contributed by atoms with van der Waals surface area (Å²) in [5.41, 5.74) is -0.113. The number of benzene rings is 1. The van der Waals surface area contributed by atoms with Gasteiger partial charge in [0.2, 0.25) is 0 Å². The van der Waals surface area contributed by atoms with Gasteiger partial charge in [-0.3, -0.25) is 10.1 Å². The van der Waals surface area contributed by atoms with E-state index in [1.807, 2.05) is 0 Å². The van der Waals surface area contributed by atoms with Crippen molar-refractivity contribution in [2.45, 2.75) is 31.7 Å². The molecule has 2 aliphatic carbocycles. The van der Waals surface area contributed by atoms with Gasteiger partial charge in [0.15, 0.2) is 5.82 Å². The number of para-hydroxylation sites is 1. The van der Waals surface area contributed by atoms with Crippen LogP contribution in [0.3, 0.4) is 0 Å². The molecule has 2 bridgehead atoms. The Morgan fingerprint density at radius 3 is 2.78 bits per heavy atom. The molecule has 1 aromatic rings. The molecular weight excluding hydrogens is 235 g/mol. The number of rotatable bonds is 3. The number of nitrogens with zero attached hydrogens (tertiary/aromatic N) is 1. The van der Waals surface area contributed by atoms with Gasteiger partial charge in [0.1, 0.15) is 5.69 Å². The summed E-state index contributed by atoms with van der Waals surface area (Å²) in [6.07, 6.45) is 4.60. The summed E-state index contributed by atoms with van der Waals surface area (Å²) < 4.78 is 13.7. The smallest absolute Gasteiger partial charge is 0.295 e. The maximum Gasteiger partial charge on any atom is 0.295 e. The molecular formula is C13H15FN2O2. The van der Waals surface area contributed by atoms with Crippen LogP contribution in [0.25, 0.3) is 0 Å². The minimum Gasteiger partial charge on any atom is -0.374 e. The Morgan fingerprint density at radius 2 is 2.17 bits per heavy atom. The van der Waals surface area contributed by atoms with Crippen LogP contribution in [0.1, 0.15) is 25.7 Å². The van der Waals surface area contributed by atoms with Crippen molar-refractivity contribution in [2.75, 3.05) is 5.32 Å². The van der Waals surface area contributed by atoms with Crippen molar-refractivity contribution in [2.24, 2.45) is 11.8 Å². The summed E-state index contributed by atoms with van der Waals surface area (Å²) >= 11 is 0. The Hall–Kier alpha value is -1.65. The van der Waals surface area contributed by atoms with Gasteiger partial charge in [-0.05, 0) is 37.2 Å². The quantitative estimate of drug-likeness (QED) is 0.661. The van der Waals surface area contributed by atoms with E-state index in [0.29, 0.717) is 5.92 Å². The molecule has 3 atom stereocenters. The summed E-state index contributed by atoms with van der Waals surface area (Å²) in [6, 6.07) is 4.18. The average Bonchev–Trinajstić information content (AvgIpc) is 2.93. The van der Waals surface area contributed by atoms with E-state index in [1.54, 1.807) is 0 Å². The van der Waals surface area contributed by atoms with Gasteiger partial charge in [0.25, 0.3) is 5.69 Å². The van der Waals surface area contributed by atoms with Crippen LogP contribution in [0.15, 0.2) is 18.2 Å². The van der Waals surface area contributed by atoms with Gasteiger partial charge in [-0.2, -0.15) is 0 Å². The van der Waals surface area contributed by atoms with Crippen LogP contribution in [-0.2, 0) is 0 Å². The summed E-state index contributed by atoms with van der Waals surface area (Å²) in [4.78, 5) is 10.4. The molecule has 2 aliphatic rings. The molecule has 1 N–H and O–H groups in total. The zero-order chi connectivity index (χ0) is 12.7. The van der Waals surface area contributed by atoms with Crippen LogP contribution in [-0.4, -0.2) is 11.0 Å². The summed E-state index contributed by atoms with van der Waals surface area (Å²) in [5, 5.41) is 14.0. The molecule has 0 amide bonds. The molecule has 0 saturated heterocycles. The first kappa shape index (κ1) is 11.4. The predicted octanol–water partition coefficient (Wildman–Crippen LogP) is 3.33. The Balaban J connectivity index is 1.86. The number of halogens is 1. The lowest BCUT2D eigenvalue weighted by atomic mass is 9.95. The number of nitrogens with one attached hydrogen (secondary N) is 1. The summed E-state index contributed by atoms with van der Waals surface area (Å²) in [6.45, 7) is 0. The standard InChI is InChI=1S/C13H15FN2O2/c14-10-2-1-3-12(16(17)18)13(10)15-11-7-8-4-5-9(11)6-8/h1-3,8-9,11,15H,4-7H2. The minimum atomic E-state index is -0.535. The molecule has 3 unspecified atom stereocenters. The number of hydrogen-bond donors (Lipinski definition) is 1. The summed E-state index contributed by atoms with van der Waals surface area (Å²) in [5.74, 6) is 0.736. The molecule has 0 spiro atoms. The van der Waals surface area contributed by atoms with Crippen molar-refractivity contribution in [3.63, 3.8) is 0 Å². The normalized spacial score (nSPS) is 29.5. The van der Waals surface area contributed by atoms with Crippen LogP contribution in [0, 0.1) is 27.8 Å². The second-order valence-electron chi connectivity index (χ2n) is 5.32. The van der Waals surface area contributed by atoms with E-state index in [9.17, 15) is 14.5 Å². The van der Waals surface area contributed by atoms with Gasteiger partial charge in [-0.1, -0.05) is 12.5 Å². The highest BCUT2D eigenvalue weighted by Gasteiger charge is 2.40. The van der Waals surface area contributed by atoms with E-state index in [-0.39, 0.29) is 17.4 Å². The molecule has 0 heterocycles. The molecule has 1 aromatic carbocycles. The number of hydrogen-bond acceptors (Lipinski definition) is 3. The van der Waals surface area contributed by atoms with Crippen LogP contribution in [0.4, 0.5) is 15.8 Å². The second kappa shape index (κ2) is 4.23. The molecule has 2 fully saturated rings. The SMILES string of the molecule is O=[N+]([O-])c1cccc(F)c1NC1CC2CCC1C2. The Morgan fingerprint density at radius 1 is 1.33 bits per heavy atom. The summed E-state index contributed by atoms with van der Waals surface area (Å²) in [7, 11) is 0. The van der Waals surface area contributed by atoms with Crippen LogP contribution in [0.5, 0.6) is 0 Å². The van der Waals surface area contributed by atoms with Crippen molar-refractivity contribution >= 4 is 11.4 Å². The van der Waals surface area contributed by atoms with Crippen LogP contribution >= 0.6 is 0 Å². The zero-order valence-electron chi connectivity index (χ0n) is 9.93. The van der Waals surface area contributed by atoms with E-state index < -0.39 is 10.7 Å². The van der Waals surface area contributed by atoms with Gasteiger partial charge < -0.3 is 5.32 Å². The highest BCUT2D eigenvalue weighted by Crippen LogP contribution is 2.46. The average molecular weight is 250 g/mol. The van der Waals surface area contributed by atoms with Gasteiger partial charge in [-0.25, -0.2) is 4.39 Å². The van der Waals surface area contributed by atoms with E-state index in [1.165, 1.54) is 31.0 Å². The van der Waals surface area contributed by atoms with Gasteiger partial charge in [-0.15, -0.1) is 0 Å². The lowest BCUT2D eigenvalue weighted by Gasteiger charge is -2.24. The fourth-order valence-electron chi connectivity index (χ4n) is 3.41. The Kier molecular flexibility index (Phi) is 2.69. The van der Waals surface area contributed by atoms with Crippen molar-refractivity contribution in [3.8, 4) is 0 Å². The topological polar surface area (TPSA) is 55.2 Å². The predicted molar refractivity (Wildman–Crippen MR) is 65.9 cm³/mol. The molecule has 2 saturated carbocycles. The van der Waals surface area contributed by atoms with E-state index in [4.69, 9.17) is 0 Å². The Labute approximate surface area is 104 Å². The largest absolute Gasteiger partial charge is 0.374 e. The fourth-order valence-corrected chi connectivity index (χ4v) is 3.41. The van der Waals surface area contributed by atoms with E-state index in [2.05, 4.69) is 5.32 Å². The highest BCUT2D eigenvalue weighted by molar-refractivity contribution is 5.62. The number of anilines is 1. The number of fused-ring (bicyclic) bond motifs is 2. The number of nitro groups is 1. The molecule has 3 rings (SSSR count). The third-order valence-corrected chi connectivity index (χ3v) is 4.26. The molecule has 0 aliphatic heterocycles. The molecule has 0 radical (unpaired) electrons. The van der Waals surface area contributed by atoms with Gasteiger partial charge in [0.05, 0.1) is 4.92 Å². The van der Waals surface area contributed by atoms with Crippen LogP contribution < -0.4 is 5.32 Å². The van der Waals surface area contributed by atoms with Crippen molar-refractivity contribution < 1.29 is 9.31 Å². The van der Waals surface area contributed by atoms with Gasteiger partial charge >= 0.3 is 0 Å². The van der Waals surface area contributed by atoms with E-state index >= 15 is 0 Å². The monoisotopic (exact) mass is 250 g/mol. The zero-order valence-corrected chi connectivity index (χ0v) is 9.93.